The van der Waals surface area contributed by atoms with Crippen molar-refractivity contribution in [2.24, 2.45) is 0 Å². The number of halogens is 2. The monoisotopic (exact) mass is 285 g/mol. The van der Waals surface area contributed by atoms with Crippen LogP contribution in [0.4, 0.5) is 4.39 Å². The highest BCUT2D eigenvalue weighted by atomic mass is 35.5. The molecule has 106 valence electrons. The molecule has 2 nitrogen and oxygen atoms in total. The first-order valence-corrected chi connectivity index (χ1v) is 7.29. The van der Waals surface area contributed by atoms with E-state index in [1.165, 1.54) is 12.1 Å². The van der Waals surface area contributed by atoms with Gasteiger partial charge in [0.05, 0.1) is 5.60 Å². The molecule has 0 bridgehead atoms. The Bertz CT molecular complexity index is 430. The number of hydrogen-bond acceptors (Lipinski definition) is 2. The van der Waals surface area contributed by atoms with E-state index in [1.54, 1.807) is 6.07 Å². The molecular weight excluding hydrogens is 265 g/mol. The van der Waals surface area contributed by atoms with E-state index in [-0.39, 0.29) is 5.82 Å². The zero-order chi connectivity index (χ0) is 13.9. The molecule has 0 aromatic heterocycles. The number of benzene rings is 1. The summed E-state index contributed by atoms with van der Waals surface area (Å²) < 4.78 is 13.0. The van der Waals surface area contributed by atoms with Crippen LogP contribution < -0.4 is 0 Å². The predicted molar refractivity (Wildman–Crippen MR) is 76.0 cm³/mol. The third-order valence-electron chi connectivity index (χ3n) is 3.86. The molecule has 1 heterocycles. The van der Waals surface area contributed by atoms with Crippen LogP contribution in [0.1, 0.15) is 31.7 Å². The van der Waals surface area contributed by atoms with Gasteiger partial charge in [0, 0.05) is 24.5 Å². The van der Waals surface area contributed by atoms with E-state index in [4.69, 9.17) is 11.6 Å². The maximum atomic E-state index is 13.0. The second kappa shape index (κ2) is 6.21. The Hall–Kier alpha value is -0.640. The van der Waals surface area contributed by atoms with Crippen molar-refractivity contribution >= 4 is 11.6 Å². The van der Waals surface area contributed by atoms with Crippen LogP contribution >= 0.6 is 11.6 Å². The van der Waals surface area contributed by atoms with E-state index < -0.39 is 5.60 Å². The minimum Gasteiger partial charge on any atom is -0.389 e. The lowest BCUT2D eigenvalue weighted by Crippen LogP contribution is -2.45. The van der Waals surface area contributed by atoms with E-state index in [1.807, 2.05) is 0 Å². The van der Waals surface area contributed by atoms with Crippen molar-refractivity contribution < 1.29 is 9.50 Å². The zero-order valence-corrected chi connectivity index (χ0v) is 12.1. The van der Waals surface area contributed by atoms with Gasteiger partial charge in [-0.3, -0.25) is 0 Å². The van der Waals surface area contributed by atoms with Gasteiger partial charge in [0.15, 0.2) is 0 Å². The van der Waals surface area contributed by atoms with Gasteiger partial charge in [0.25, 0.3) is 0 Å². The van der Waals surface area contributed by atoms with E-state index in [0.717, 1.165) is 44.5 Å². The molecular formula is C15H21ClFNO. The highest BCUT2D eigenvalue weighted by Crippen LogP contribution is 2.29. The third-order valence-corrected chi connectivity index (χ3v) is 4.21. The molecule has 0 unspecified atom stereocenters. The topological polar surface area (TPSA) is 23.5 Å². The Kier molecular flexibility index (Phi) is 4.82. The van der Waals surface area contributed by atoms with Gasteiger partial charge < -0.3 is 10.0 Å². The number of aliphatic hydroxyl groups is 1. The van der Waals surface area contributed by atoms with Gasteiger partial charge in [0.2, 0.25) is 0 Å². The van der Waals surface area contributed by atoms with Crippen LogP contribution in [0.5, 0.6) is 0 Å². The predicted octanol–water partition coefficient (Wildman–Crippen LogP) is 3.26. The van der Waals surface area contributed by atoms with Gasteiger partial charge in [-0.1, -0.05) is 24.6 Å². The Balaban J connectivity index is 1.99. The lowest BCUT2D eigenvalue weighted by molar-refractivity contribution is -0.0205. The molecule has 0 aliphatic carbocycles. The molecule has 19 heavy (non-hydrogen) atoms. The maximum Gasteiger partial charge on any atom is 0.124 e. The first-order chi connectivity index (χ1) is 9.02. The lowest BCUT2D eigenvalue weighted by Gasteiger charge is -2.38. The van der Waals surface area contributed by atoms with Crippen LogP contribution in [-0.2, 0) is 6.42 Å². The van der Waals surface area contributed by atoms with Gasteiger partial charge in [-0.2, -0.15) is 0 Å². The summed E-state index contributed by atoms with van der Waals surface area (Å²) in [7, 11) is 0. The number of piperidine rings is 1. The summed E-state index contributed by atoms with van der Waals surface area (Å²) in [6.07, 6.45) is 3.15. The molecule has 0 radical (unpaired) electrons. The third kappa shape index (κ3) is 3.91. The van der Waals surface area contributed by atoms with Crippen LogP contribution in [-0.4, -0.2) is 35.2 Å². The smallest absolute Gasteiger partial charge is 0.124 e. The average molecular weight is 286 g/mol. The molecule has 0 spiro atoms. The Labute approximate surface area is 119 Å². The van der Waals surface area contributed by atoms with E-state index in [9.17, 15) is 9.50 Å². The standard InChI is InChI=1S/C15H21ClFNO/c1-2-7-18-8-5-15(19,6-9-18)11-12-3-4-13(17)10-14(12)16/h3-4,10,19H,2,5-9,11H2,1H3. The van der Waals surface area contributed by atoms with Crippen molar-refractivity contribution in [3.05, 3.63) is 34.6 Å². The Morgan fingerprint density at radius 1 is 1.37 bits per heavy atom. The Morgan fingerprint density at radius 3 is 2.63 bits per heavy atom. The molecule has 1 aliphatic heterocycles. The molecule has 0 saturated carbocycles. The highest BCUT2D eigenvalue weighted by molar-refractivity contribution is 6.31. The summed E-state index contributed by atoms with van der Waals surface area (Å²) in [6.45, 7) is 5.10. The number of hydrogen-bond donors (Lipinski definition) is 1. The first kappa shape index (κ1) is 14.8. The fourth-order valence-corrected chi connectivity index (χ4v) is 2.94. The highest BCUT2D eigenvalue weighted by Gasteiger charge is 2.32. The minimum absolute atomic E-state index is 0.335. The number of nitrogens with zero attached hydrogens (tertiary/aromatic N) is 1. The molecule has 1 N–H and O–H groups in total. The van der Waals surface area contributed by atoms with Crippen LogP contribution in [0, 0.1) is 5.82 Å². The van der Waals surface area contributed by atoms with Crippen molar-refractivity contribution in [3.63, 3.8) is 0 Å². The summed E-state index contributed by atoms with van der Waals surface area (Å²) in [6, 6.07) is 4.39. The van der Waals surface area contributed by atoms with Crippen LogP contribution in [0.25, 0.3) is 0 Å². The number of likely N-dealkylation sites (tertiary alicyclic amines) is 1. The van der Waals surface area contributed by atoms with Crippen molar-refractivity contribution in [2.75, 3.05) is 19.6 Å². The van der Waals surface area contributed by atoms with E-state index in [0.29, 0.717) is 11.4 Å². The fourth-order valence-electron chi connectivity index (χ4n) is 2.71. The maximum absolute atomic E-state index is 13.0. The molecule has 1 saturated heterocycles. The van der Waals surface area contributed by atoms with E-state index in [2.05, 4.69) is 11.8 Å². The molecule has 4 heteroatoms. The van der Waals surface area contributed by atoms with Crippen molar-refractivity contribution in [1.29, 1.82) is 0 Å². The minimum atomic E-state index is -0.703. The van der Waals surface area contributed by atoms with Crippen molar-refractivity contribution in [2.45, 2.75) is 38.2 Å². The van der Waals surface area contributed by atoms with Gasteiger partial charge in [-0.05, 0) is 43.5 Å². The summed E-state index contributed by atoms with van der Waals surface area (Å²) in [4.78, 5) is 2.38. The molecule has 1 aromatic rings. The van der Waals surface area contributed by atoms with Crippen LogP contribution in [0.2, 0.25) is 5.02 Å². The van der Waals surface area contributed by atoms with Gasteiger partial charge >= 0.3 is 0 Å². The Morgan fingerprint density at radius 2 is 2.05 bits per heavy atom. The molecule has 1 aliphatic rings. The van der Waals surface area contributed by atoms with Gasteiger partial charge in [-0.15, -0.1) is 0 Å². The van der Waals surface area contributed by atoms with Crippen LogP contribution in [0.15, 0.2) is 18.2 Å². The fraction of sp³-hybridized carbons (Fsp3) is 0.600. The summed E-state index contributed by atoms with van der Waals surface area (Å²) in [5, 5.41) is 11.0. The lowest BCUT2D eigenvalue weighted by atomic mass is 9.85. The quantitative estimate of drug-likeness (QED) is 0.918. The SMILES string of the molecule is CCCN1CCC(O)(Cc2ccc(F)cc2Cl)CC1. The van der Waals surface area contributed by atoms with Gasteiger partial charge in [0.1, 0.15) is 5.82 Å². The molecule has 1 aromatic carbocycles. The van der Waals surface area contributed by atoms with E-state index >= 15 is 0 Å². The summed E-state index contributed by atoms with van der Waals surface area (Å²) in [5.74, 6) is -0.335. The molecule has 2 rings (SSSR count). The summed E-state index contributed by atoms with van der Waals surface area (Å²) >= 11 is 6.03. The second-order valence-electron chi connectivity index (χ2n) is 5.48. The second-order valence-corrected chi connectivity index (χ2v) is 5.89. The van der Waals surface area contributed by atoms with Gasteiger partial charge in [-0.25, -0.2) is 4.39 Å². The van der Waals surface area contributed by atoms with Crippen molar-refractivity contribution in [3.8, 4) is 0 Å². The normalized spacial score (nSPS) is 19.6. The molecule has 1 fully saturated rings. The number of rotatable bonds is 4. The molecule has 0 amide bonds. The summed E-state index contributed by atoms with van der Waals surface area (Å²) in [5.41, 5.74) is 0.126. The zero-order valence-electron chi connectivity index (χ0n) is 11.3. The largest absolute Gasteiger partial charge is 0.389 e. The average Bonchev–Trinajstić information content (AvgIpc) is 2.36. The first-order valence-electron chi connectivity index (χ1n) is 6.91. The van der Waals surface area contributed by atoms with Crippen molar-refractivity contribution in [1.82, 2.24) is 4.90 Å². The van der Waals surface area contributed by atoms with Crippen LogP contribution in [0.3, 0.4) is 0 Å². The molecule has 0 atom stereocenters.